The Kier molecular flexibility index (Phi) is 5.39. The van der Waals surface area contributed by atoms with Gasteiger partial charge in [-0.3, -0.25) is 4.68 Å². The van der Waals surface area contributed by atoms with Crippen molar-refractivity contribution in [2.75, 3.05) is 13.1 Å². The van der Waals surface area contributed by atoms with Gasteiger partial charge in [-0.1, -0.05) is 6.92 Å². The molecule has 0 bridgehead atoms. The molecular weight excluding hydrogens is 309 g/mol. The molecule has 1 aliphatic heterocycles. The van der Waals surface area contributed by atoms with Gasteiger partial charge in [-0.2, -0.15) is 5.10 Å². The zero-order valence-electron chi connectivity index (χ0n) is 11.8. The Bertz CT molecular complexity index is 413. The highest BCUT2D eigenvalue weighted by Crippen LogP contribution is 2.28. The SMILES string of the molecule is CCc1nn(CC)c(CC(F)C2CCNCC2)c1Br. The maximum Gasteiger partial charge on any atom is 0.109 e. The highest BCUT2D eigenvalue weighted by Gasteiger charge is 2.26. The quantitative estimate of drug-likeness (QED) is 0.898. The van der Waals surface area contributed by atoms with Crippen molar-refractivity contribution in [2.45, 2.75) is 52.2 Å². The second kappa shape index (κ2) is 6.84. The molecule has 19 heavy (non-hydrogen) atoms. The van der Waals surface area contributed by atoms with Gasteiger partial charge in [-0.25, -0.2) is 4.39 Å². The fourth-order valence-electron chi connectivity index (χ4n) is 2.77. The van der Waals surface area contributed by atoms with E-state index in [2.05, 4.69) is 40.2 Å². The summed E-state index contributed by atoms with van der Waals surface area (Å²) in [6, 6.07) is 0. The van der Waals surface area contributed by atoms with E-state index < -0.39 is 6.17 Å². The number of hydrogen-bond acceptors (Lipinski definition) is 2. The van der Waals surface area contributed by atoms with Crippen LogP contribution in [0.4, 0.5) is 4.39 Å². The van der Waals surface area contributed by atoms with Gasteiger partial charge in [0.1, 0.15) is 6.17 Å². The number of halogens is 2. The van der Waals surface area contributed by atoms with Crippen LogP contribution >= 0.6 is 15.9 Å². The van der Waals surface area contributed by atoms with E-state index in [1.807, 2.05) is 4.68 Å². The summed E-state index contributed by atoms with van der Waals surface area (Å²) in [5.74, 6) is 0.193. The zero-order chi connectivity index (χ0) is 13.8. The van der Waals surface area contributed by atoms with Gasteiger partial charge in [0.15, 0.2) is 0 Å². The van der Waals surface area contributed by atoms with E-state index >= 15 is 0 Å². The van der Waals surface area contributed by atoms with Crippen LogP contribution in [0.25, 0.3) is 0 Å². The molecular formula is C14H23BrFN3. The summed E-state index contributed by atoms with van der Waals surface area (Å²) < 4.78 is 17.4. The number of hydrogen-bond donors (Lipinski definition) is 1. The lowest BCUT2D eigenvalue weighted by molar-refractivity contribution is 0.184. The van der Waals surface area contributed by atoms with Crippen molar-refractivity contribution in [3.8, 4) is 0 Å². The maximum atomic E-state index is 14.5. The van der Waals surface area contributed by atoms with E-state index in [-0.39, 0.29) is 5.92 Å². The van der Waals surface area contributed by atoms with Gasteiger partial charge in [-0.05, 0) is 61.1 Å². The van der Waals surface area contributed by atoms with Crippen molar-refractivity contribution in [2.24, 2.45) is 5.92 Å². The fourth-order valence-corrected chi connectivity index (χ4v) is 3.50. The molecule has 1 N–H and O–H groups in total. The first-order chi connectivity index (χ1) is 9.17. The molecule has 0 aromatic carbocycles. The first-order valence-corrected chi connectivity index (χ1v) is 8.05. The molecule has 5 heteroatoms. The number of nitrogens with zero attached hydrogens (tertiary/aromatic N) is 2. The van der Waals surface area contributed by atoms with Crippen molar-refractivity contribution in [1.82, 2.24) is 15.1 Å². The largest absolute Gasteiger partial charge is 0.317 e. The van der Waals surface area contributed by atoms with Crippen LogP contribution in [-0.2, 0) is 19.4 Å². The molecule has 1 aliphatic rings. The molecule has 3 nitrogen and oxygen atoms in total. The Morgan fingerprint density at radius 3 is 2.68 bits per heavy atom. The van der Waals surface area contributed by atoms with Crippen LogP contribution in [0.5, 0.6) is 0 Å². The number of piperidine rings is 1. The number of alkyl halides is 1. The number of aromatic nitrogens is 2. The number of rotatable bonds is 5. The van der Waals surface area contributed by atoms with Gasteiger partial charge >= 0.3 is 0 Å². The van der Waals surface area contributed by atoms with Gasteiger partial charge in [-0.15, -0.1) is 0 Å². The van der Waals surface area contributed by atoms with Crippen LogP contribution < -0.4 is 5.32 Å². The third-order valence-corrected chi connectivity index (χ3v) is 4.89. The first kappa shape index (κ1) is 15.0. The van der Waals surface area contributed by atoms with Gasteiger partial charge in [0.05, 0.1) is 15.9 Å². The molecule has 2 rings (SSSR count). The van der Waals surface area contributed by atoms with Crippen molar-refractivity contribution >= 4 is 15.9 Å². The van der Waals surface area contributed by atoms with Gasteiger partial charge in [0.2, 0.25) is 0 Å². The molecule has 1 aromatic rings. The average Bonchev–Trinajstić information content (AvgIpc) is 2.76. The molecule has 0 saturated carbocycles. The standard InChI is InChI=1S/C14H23BrFN3/c1-3-12-14(15)13(19(4-2)18-12)9-11(16)10-5-7-17-8-6-10/h10-11,17H,3-9H2,1-2H3. The minimum atomic E-state index is -0.759. The van der Waals surface area contributed by atoms with Crippen LogP contribution in [0.1, 0.15) is 38.1 Å². The predicted molar refractivity (Wildman–Crippen MR) is 79.2 cm³/mol. The monoisotopic (exact) mass is 331 g/mol. The molecule has 108 valence electrons. The highest BCUT2D eigenvalue weighted by atomic mass is 79.9. The topological polar surface area (TPSA) is 29.9 Å². The summed E-state index contributed by atoms with van der Waals surface area (Å²) in [5, 5.41) is 7.82. The van der Waals surface area contributed by atoms with Gasteiger partial charge in [0.25, 0.3) is 0 Å². The lowest BCUT2D eigenvalue weighted by Crippen LogP contribution is -2.33. The Morgan fingerprint density at radius 2 is 2.11 bits per heavy atom. The zero-order valence-corrected chi connectivity index (χ0v) is 13.3. The third-order valence-electron chi connectivity index (χ3n) is 3.98. The summed E-state index contributed by atoms with van der Waals surface area (Å²) >= 11 is 3.59. The molecule has 0 spiro atoms. The van der Waals surface area contributed by atoms with Crippen molar-refractivity contribution in [3.63, 3.8) is 0 Å². The van der Waals surface area contributed by atoms with E-state index in [1.165, 1.54) is 0 Å². The summed E-state index contributed by atoms with van der Waals surface area (Å²) in [4.78, 5) is 0. The Hall–Kier alpha value is -0.420. The number of nitrogens with one attached hydrogen (secondary N) is 1. The summed E-state index contributed by atoms with van der Waals surface area (Å²) in [6.07, 6.45) is 2.49. The number of aryl methyl sites for hydroxylation is 2. The van der Waals surface area contributed by atoms with E-state index in [1.54, 1.807) is 0 Å². The van der Waals surface area contributed by atoms with Gasteiger partial charge in [0, 0.05) is 13.0 Å². The molecule has 1 aromatic heterocycles. The fraction of sp³-hybridized carbons (Fsp3) is 0.786. The average molecular weight is 332 g/mol. The molecule has 0 amide bonds. The lowest BCUT2D eigenvalue weighted by Gasteiger charge is -2.25. The van der Waals surface area contributed by atoms with Crippen LogP contribution in [0.15, 0.2) is 4.47 Å². The van der Waals surface area contributed by atoms with E-state index in [4.69, 9.17) is 0 Å². The second-order valence-corrected chi connectivity index (χ2v) is 5.98. The maximum absolute atomic E-state index is 14.5. The van der Waals surface area contributed by atoms with Crippen molar-refractivity contribution in [1.29, 1.82) is 0 Å². The Labute approximate surface area is 123 Å². The van der Waals surface area contributed by atoms with E-state index in [0.29, 0.717) is 6.42 Å². The minimum Gasteiger partial charge on any atom is -0.317 e. The molecule has 1 atom stereocenters. The first-order valence-electron chi connectivity index (χ1n) is 7.26. The summed E-state index contributed by atoms with van der Waals surface area (Å²) in [5.41, 5.74) is 2.06. The van der Waals surface area contributed by atoms with Crippen LogP contribution in [-0.4, -0.2) is 29.0 Å². The molecule has 2 heterocycles. The molecule has 1 unspecified atom stereocenters. The summed E-state index contributed by atoms with van der Waals surface area (Å²) in [7, 11) is 0. The van der Waals surface area contributed by atoms with Gasteiger partial charge < -0.3 is 5.32 Å². The lowest BCUT2D eigenvalue weighted by atomic mass is 9.90. The molecule has 0 aliphatic carbocycles. The Balaban J connectivity index is 2.10. The van der Waals surface area contributed by atoms with Crippen LogP contribution in [0.3, 0.4) is 0 Å². The normalized spacial score (nSPS) is 18.7. The third kappa shape index (κ3) is 3.37. The van der Waals surface area contributed by atoms with Crippen LogP contribution in [0, 0.1) is 5.92 Å². The highest BCUT2D eigenvalue weighted by molar-refractivity contribution is 9.10. The molecule has 0 radical (unpaired) electrons. The van der Waals surface area contributed by atoms with Crippen molar-refractivity contribution in [3.05, 3.63) is 15.9 Å². The second-order valence-electron chi connectivity index (χ2n) is 5.18. The molecule has 1 saturated heterocycles. The minimum absolute atomic E-state index is 0.193. The Morgan fingerprint density at radius 1 is 1.42 bits per heavy atom. The van der Waals surface area contributed by atoms with Crippen LogP contribution in [0.2, 0.25) is 0 Å². The predicted octanol–water partition coefficient (Wildman–Crippen LogP) is 3.11. The van der Waals surface area contributed by atoms with E-state index in [0.717, 1.165) is 54.8 Å². The molecule has 1 fully saturated rings. The smallest absolute Gasteiger partial charge is 0.109 e. The summed E-state index contributed by atoms with van der Waals surface area (Å²) in [6.45, 7) is 6.82. The van der Waals surface area contributed by atoms with Crippen molar-refractivity contribution < 1.29 is 4.39 Å². The van der Waals surface area contributed by atoms with E-state index in [9.17, 15) is 4.39 Å².